The summed E-state index contributed by atoms with van der Waals surface area (Å²) in [7, 11) is 0. The molecule has 6 nitrogen and oxygen atoms in total. The van der Waals surface area contributed by atoms with Crippen molar-refractivity contribution in [1.29, 1.82) is 0 Å². The van der Waals surface area contributed by atoms with E-state index in [1.54, 1.807) is 6.92 Å². The van der Waals surface area contributed by atoms with Gasteiger partial charge in [-0.25, -0.2) is 9.18 Å². The standard InChI is InChI=1S/C20H29FN2O2.C6H12O2.C2H6/c1-5-25-20(24)15-10-16(21)19(23-9-8-13(4)11-23)17(12(2)3)18(15)22-14-6-7-14;1-5(7)8-6(2,3)4;1-2/h10,12-14,22H,5-9,11H2,1-4H3;1-4H3;1-2H3. The van der Waals surface area contributed by atoms with Gasteiger partial charge in [0.15, 0.2) is 0 Å². The minimum Gasteiger partial charge on any atom is -0.462 e. The zero-order chi connectivity index (χ0) is 26.9. The number of nitrogens with zero attached hydrogens (tertiary/aromatic N) is 1. The maximum atomic E-state index is 15.1. The maximum absolute atomic E-state index is 15.1. The lowest BCUT2D eigenvalue weighted by molar-refractivity contribution is -0.151. The SMILES string of the molecule is CC.CC(=O)OC(C)(C)C.CCOC(=O)c1cc(F)c(N2CCC(C)C2)c(C(C)C)c1NC1CC1. The molecule has 1 aliphatic carbocycles. The molecule has 1 aromatic carbocycles. The van der Waals surface area contributed by atoms with Gasteiger partial charge in [-0.15, -0.1) is 0 Å². The fourth-order valence-electron chi connectivity index (χ4n) is 4.07. The molecule has 1 saturated heterocycles. The van der Waals surface area contributed by atoms with Crippen LogP contribution < -0.4 is 10.2 Å². The quantitative estimate of drug-likeness (QED) is 0.433. The summed E-state index contributed by atoms with van der Waals surface area (Å²) in [6.45, 7) is 21.0. The topological polar surface area (TPSA) is 67.9 Å². The highest BCUT2D eigenvalue weighted by Gasteiger charge is 2.32. The van der Waals surface area contributed by atoms with Gasteiger partial charge in [0, 0.05) is 31.6 Å². The molecule has 1 aromatic rings. The van der Waals surface area contributed by atoms with Crippen molar-refractivity contribution >= 4 is 23.3 Å². The van der Waals surface area contributed by atoms with Crippen molar-refractivity contribution in [3.8, 4) is 0 Å². The van der Waals surface area contributed by atoms with Crippen LogP contribution >= 0.6 is 0 Å². The Hall–Kier alpha value is -2.31. The van der Waals surface area contributed by atoms with Gasteiger partial charge in [-0.2, -0.15) is 0 Å². The monoisotopic (exact) mass is 494 g/mol. The summed E-state index contributed by atoms with van der Waals surface area (Å²) in [5.74, 6) is -0.326. The Morgan fingerprint density at radius 2 is 1.80 bits per heavy atom. The van der Waals surface area contributed by atoms with Gasteiger partial charge in [0.05, 0.1) is 23.5 Å². The second kappa shape index (κ2) is 13.7. The number of rotatable bonds is 6. The minimum atomic E-state index is -0.451. The number of anilines is 2. The fourth-order valence-corrected chi connectivity index (χ4v) is 4.07. The van der Waals surface area contributed by atoms with E-state index in [4.69, 9.17) is 9.47 Å². The van der Waals surface area contributed by atoms with Crippen LogP contribution in [0.1, 0.15) is 110 Å². The summed E-state index contributed by atoms with van der Waals surface area (Å²) in [6.07, 6.45) is 3.25. The van der Waals surface area contributed by atoms with Crippen LogP contribution in [0.3, 0.4) is 0 Å². The summed E-state index contributed by atoms with van der Waals surface area (Å²) >= 11 is 0. The Morgan fingerprint density at radius 1 is 1.20 bits per heavy atom. The molecule has 0 radical (unpaired) electrons. The van der Waals surface area contributed by atoms with E-state index in [2.05, 4.69) is 31.0 Å². The number of carbonyl (C=O) groups excluding carboxylic acids is 2. The molecule has 1 heterocycles. The molecule has 35 heavy (non-hydrogen) atoms. The molecule has 0 aromatic heterocycles. The Bertz CT molecular complexity index is 844. The molecule has 0 spiro atoms. The van der Waals surface area contributed by atoms with E-state index in [1.807, 2.05) is 34.6 Å². The van der Waals surface area contributed by atoms with Gasteiger partial charge >= 0.3 is 11.9 Å². The van der Waals surface area contributed by atoms with Gasteiger partial charge in [0.25, 0.3) is 0 Å². The lowest BCUT2D eigenvalue weighted by Gasteiger charge is -2.28. The van der Waals surface area contributed by atoms with Crippen molar-refractivity contribution in [1.82, 2.24) is 0 Å². The molecule has 1 unspecified atom stereocenters. The van der Waals surface area contributed by atoms with Crippen molar-refractivity contribution in [3.05, 3.63) is 23.0 Å². The number of halogens is 1. The molecule has 0 amide bonds. The fraction of sp³-hybridized carbons (Fsp3) is 0.714. The average Bonchev–Trinajstić information content (AvgIpc) is 3.46. The Kier molecular flexibility index (Phi) is 12.0. The van der Waals surface area contributed by atoms with Crippen LogP contribution in [-0.2, 0) is 14.3 Å². The molecule has 2 fully saturated rings. The first-order valence-electron chi connectivity index (χ1n) is 13.1. The number of nitrogens with one attached hydrogen (secondary N) is 1. The van der Waals surface area contributed by atoms with Crippen LogP contribution in [0.5, 0.6) is 0 Å². The van der Waals surface area contributed by atoms with E-state index in [0.29, 0.717) is 23.2 Å². The number of hydrogen-bond donors (Lipinski definition) is 1. The van der Waals surface area contributed by atoms with E-state index in [9.17, 15) is 9.59 Å². The van der Waals surface area contributed by atoms with E-state index in [-0.39, 0.29) is 29.9 Å². The smallest absolute Gasteiger partial charge is 0.340 e. The van der Waals surface area contributed by atoms with E-state index in [1.165, 1.54) is 13.0 Å². The zero-order valence-electron chi connectivity index (χ0n) is 23.5. The summed E-state index contributed by atoms with van der Waals surface area (Å²) < 4.78 is 25.1. The van der Waals surface area contributed by atoms with Crippen molar-refractivity contribution in [2.24, 2.45) is 5.92 Å². The first-order valence-corrected chi connectivity index (χ1v) is 13.1. The number of hydrogen-bond acceptors (Lipinski definition) is 6. The van der Waals surface area contributed by atoms with Crippen LogP contribution in [0.2, 0.25) is 0 Å². The molecular weight excluding hydrogens is 447 g/mol. The Labute approximate surface area is 211 Å². The highest BCUT2D eigenvalue weighted by molar-refractivity contribution is 5.98. The summed E-state index contributed by atoms with van der Waals surface area (Å²) in [5, 5.41) is 3.48. The van der Waals surface area contributed by atoms with E-state index < -0.39 is 5.97 Å². The summed E-state index contributed by atoms with van der Waals surface area (Å²) in [6, 6.07) is 1.74. The van der Waals surface area contributed by atoms with Gasteiger partial charge < -0.3 is 19.7 Å². The number of carbonyl (C=O) groups is 2. The van der Waals surface area contributed by atoms with Gasteiger partial charge in [0.2, 0.25) is 0 Å². The second-order valence-electron chi connectivity index (χ2n) is 10.4. The predicted octanol–water partition coefficient (Wildman–Crippen LogP) is 6.92. The van der Waals surface area contributed by atoms with Crippen LogP contribution in [0, 0.1) is 11.7 Å². The number of benzene rings is 1. The van der Waals surface area contributed by atoms with Crippen LogP contribution in [0.15, 0.2) is 6.07 Å². The highest BCUT2D eigenvalue weighted by Crippen LogP contribution is 2.42. The molecule has 1 atom stereocenters. The molecule has 1 N–H and O–H groups in total. The van der Waals surface area contributed by atoms with Crippen LogP contribution in [0.25, 0.3) is 0 Å². The predicted molar refractivity (Wildman–Crippen MR) is 142 cm³/mol. The lowest BCUT2D eigenvalue weighted by atomic mass is 9.94. The van der Waals surface area contributed by atoms with E-state index >= 15 is 4.39 Å². The molecule has 1 aliphatic heterocycles. The van der Waals surface area contributed by atoms with E-state index in [0.717, 1.165) is 43.6 Å². The molecule has 3 rings (SSSR count). The molecule has 7 heteroatoms. The largest absolute Gasteiger partial charge is 0.462 e. The first kappa shape index (κ1) is 30.7. The van der Waals surface area contributed by atoms with Crippen molar-refractivity contribution in [2.75, 3.05) is 29.9 Å². The summed E-state index contributed by atoms with van der Waals surface area (Å²) in [4.78, 5) is 24.8. The summed E-state index contributed by atoms with van der Waals surface area (Å²) in [5.41, 5.74) is 2.34. The van der Waals surface area contributed by atoms with Gasteiger partial charge in [-0.3, -0.25) is 4.79 Å². The van der Waals surface area contributed by atoms with Crippen molar-refractivity contribution < 1.29 is 23.5 Å². The molecule has 2 aliphatic rings. The van der Waals surface area contributed by atoms with Crippen molar-refractivity contribution in [3.63, 3.8) is 0 Å². The maximum Gasteiger partial charge on any atom is 0.340 e. The minimum absolute atomic E-state index is 0.107. The Balaban J connectivity index is 0.000000523. The Morgan fingerprint density at radius 3 is 2.17 bits per heavy atom. The molecule has 0 bridgehead atoms. The van der Waals surface area contributed by atoms with Crippen LogP contribution in [-0.4, -0.2) is 43.3 Å². The van der Waals surface area contributed by atoms with Gasteiger partial charge in [0.1, 0.15) is 11.4 Å². The third-order valence-electron chi connectivity index (χ3n) is 5.48. The average molecular weight is 495 g/mol. The van der Waals surface area contributed by atoms with Crippen molar-refractivity contribution in [2.45, 2.75) is 106 Å². The normalized spacial score (nSPS) is 17.1. The third kappa shape index (κ3) is 9.69. The zero-order valence-corrected chi connectivity index (χ0v) is 23.5. The molecular formula is C28H47FN2O4. The second-order valence-corrected chi connectivity index (χ2v) is 10.4. The lowest BCUT2D eigenvalue weighted by Crippen LogP contribution is -2.25. The highest BCUT2D eigenvalue weighted by atomic mass is 19.1. The first-order chi connectivity index (χ1) is 16.3. The number of esters is 2. The van der Waals surface area contributed by atoms with Crippen LogP contribution in [0.4, 0.5) is 15.8 Å². The molecule has 200 valence electrons. The van der Waals surface area contributed by atoms with Gasteiger partial charge in [-0.05, 0) is 64.9 Å². The molecule has 1 saturated carbocycles. The van der Waals surface area contributed by atoms with Gasteiger partial charge in [-0.1, -0.05) is 34.6 Å². The number of ether oxygens (including phenoxy) is 2. The third-order valence-corrected chi connectivity index (χ3v) is 5.48.